The van der Waals surface area contributed by atoms with E-state index in [9.17, 15) is 13.2 Å². The molecule has 0 aromatic carbocycles. The molecule has 130 valence electrons. The third kappa shape index (κ3) is 4.67. The molecule has 2 aromatic rings. The fourth-order valence-electron chi connectivity index (χ4n) is 2.88. The lowest BCUT2D eigenvalue weighted by Gasteiger charge is -2.22. The standard InChI is InChI=1S/C16H20N2O4S2/c19-15(17-12-5-2-1-3-6-12)11-24(20,21)10-13-9-23-16(18-13)14-7-4-8-22-14/h4,7-9,12H,1-3,5-6,10-11H2,(H,17,19). The summed E-state index contributed by atoms with van der Waals surface area (Å²) in [6.45, 7) is 0. The van der Waals surface area contributed by atoms with Gasteiger partial charge in [0.1, 0.15) is 5.75 Å². The molecule has 1 aliphatic rings. The number of hydrogen-bond acceptors (Lipinski definition) is 6. The van der Waals surface area contributed by atoms with Crippen LogP contribution in [-0.2, 0) is 20.4 Å². The summed E-state index contributed by atoms with van der Waals surface area (Å²) in [6.07, 6.45) is 6.78. The van der Waals surface area contributed by atoms with Crippen molar-refractivity contribution < 1.29 is 17.6 Å². The van der Waals surface area contributed by atoms with Crippen LogP contribution in [0.3, 0.4) is 0 Å². The maximum Gasteiger partial charge on any atom is 0.235 e. The predicted molar refractivity (Wildman–Crippen MR) is 92.3 cm³/mol. The van der Waals surface area contributed by atoms with Crippen molar-refractivity contribution in [2.45, 2.75) is 43.9 Å². The van der Waals surface area contributed by atoms with E-state index in [2.05, 4.69) is 10.3 Å². The Bertz CT molecular complexity index is 775. The number of carbonyl (C=O) groups is 1. The van der Waals surface area contributed by atoms with Crippen LogP contribution < -0.4 is 5.32 Å². The van der Waals surface area contributed by atoms with Crippen molar-refractivity contribution >= 4 is 27.1 Å². The van der Waals surface area contributed by atoms with Crippen LogP contribution in [0.25, 0.3) is 10.8 Å². The number of thiazole rings is 1. The number of rotatable bonds is 6. The van der Waals surface area contributed by atoms with Gasteiger partial charge in [-0.15, -0.1) is 11.3 Å². The fourth-order valence-corrected chi connectivity index (χ4v) is 4.95. The molecule has 2 aromatic heterocycles. The van der Waals surface area contributed by atoms with Gasteiger partial charge in [0, 0.05) is 11.4 Å². The van der Waals surface area contributed by atoms with Crippen LogP contribution in [0.15, 0.2) is 28.2 Å². The Kier molecular flexibility index (Phi) is 5.35. The van der Waals surface area contributed by atoms with Crippen molar-refractivity contribution in [3.05, 3.63) is 29.5 Å². The Morgan fingerprint density at radius 2 is 2.12 bits per heavy atom. The van der Waals surface area contributed by atoms with E-state index in [0.29, 0.717) is 16.5 Å². The molecule has 1 aliphatic carbocycles. The molecule has 0 atom stereocenters. The van der Waals surface area contributed by atoms with E-state index in [1.807, 2.05) is 0 Å². The topological polar surface area (TPSA) is 89.3 Å². The molecule has 24 heavy (non-hydrogen) atoms. The van der Waals surface area contributed by atoms with Gasteiger partial charge < -0.3 is 9.73 Å². The van der Waals surface area contributed by atoms with E-state index < -0.39 is 21.5 Å². The van der Waals surface area contributed by atoms with Gasteiger partial charge in [0.25, 0.3) is 0 Å². The first kappa shape index (κ1) is 17.2. The summed E-state index contributed by atoms with van der Waals surface area (Å²) in [4.78, 5) is 16.3. The molecule has 2 heterocycles. The summed E-state index contributed by atoms with van der Waals surface area (Å²) in [5, 5.41) is 5.16. The van der Waals surface area contributed by atoms with E-state index in [1.165, 1.54) is 17.8 Å². The SMILES string of the molecule is O=C(CS(=O)(=O)Cc1csc(-c2ccco2)n1)NC1CCCCC1. The van der Waals surface area contributed by atoms with Crippen LogP contribution >= 0.6 is 11.3 Å². The highest BCUT2D eigenvalue weighted by Gasteiger charge is 2.22. The molecule has 1 N–H and O–H groups in total. The molecular weight excluding hydrogens is 348 g/mol. The van der Waals surface area contributed by atoms with E-state index in [0.717, 1.165) is 25.7 Å². The molecule has 0 unspecified atom stereocenters. The van der Waals surface area contributed by atoms with Crippen molar-refractivity contribution in [3.63, 3.8) is 0 Å². The summed E-state index contributed by atoms with van der Waals surface area (Å²) in [5.41, 5.74) is 0.442. The number of carbonyl (C=O) groups excluding carboxylic acids is 1. The van der Waals surface area contributed by atoms with Crippen LogP contribution in [0, 0.1) is 0 Å². The van der Waals surface area contributed by atoms with E-state index >= 15 is 0 Å². The van der Waals surface area contributed by atoms with Crippen LogP contribution in [0.1, 0.15) is 37.8 Å². The zero-order valence-corrected chi connectivity index (χ0v) is 14.9. The Labute approximate surface area is 145 Å². The number of nitrogens with one attached hydrogen (secondary N) is 1. The minimum absolute atomic E-state index is 0.117. The predicted octanol–water partition coefficient (Wildman–Crippen LogP) is 2.77. The first-order chi connectivity index (χ1) is 11.5. The van der Waals surface area contributed by atoms with E-state index in [-0.39, 0.29) is 11.8 Å². The highest BCUT2D eigenvalue weighted by atomic mass is 32.2. The second kappa shape index (κ2) is 7.48. The number of nitrogens with zero attached hydrogens (tertiary/aromatic N) is 1. The number of furan rings is 1. The Morgan fingerprint density at radius 1 is 1.33 bits per heavy atom. The third-order valence-electron chi connectivity index (χ3n) is 3.97. The molecule has 0 spiro atoms. The Hall–Kier alpha value is -1.67. The van der Waals surface area contributed by atoms with Gasteiger partial charge in [0.2, 0.25) is 5.91 Å². The van der Waals surface area contributed by atoms with Gasteiger partial charge in [0.05, 0.1) is 17.7 Å². The van der Waals surface area contributed by atoms with Crippen molar-refractivity contribution in [1.82, 2.24) is 10.3 Å². The van der Waals surface area contributed by atoms with Crippen LogP contribution in [-0.4, -0.2) is 31.1 Å². The van der Waals surface area contributed by atoms with Gasteiger partial charge >= 0.3 is 0 Å². The van der Waals surface area contributed by atoms with Crippen molar-refractivity contribution in [2.75, 3.05) is 5.75 Å². The van der Waals surface area contributed by atoms with Crippen LogP contribution in [0.4, 0.5) is 0 Å². The number of aromatic nitrogens is 1. The van der Waals surface area contributed by atoms with Crippen molar-refractivity contribution in [3.8, 4) is 10.8 Å². The molecule has 1 amide bonds. The second-order valence-electron chi connectivity index (χ2n) is 6.06. The first-order valence-electron chi connectivity index (χ1n) is 8.00. The molecule has 8 heteroatoms. The highest BCUT2D eigenvalue weighted by molar-refractivity contribution is 7.91. The Morgan fingerprint density at radius 3 is 2.83 bits per heavy atom. The second-order valence-corrected chi connectivity index (χ2v) is 8.98. The summed E-state index contributed by atoms with van der Waals surface area (Å²) < 4.78 is 29.7. The maximum absolute atomic E-state index is 12.2. The maximum atomic E-state index is 12.2. The zero-order valence-electron chi connectivity index (χ0n) is 13.2. The van der Waals surface area contributed by atoms with Gasteiger partial charge in [-0.25, -0.2) is 13.4 Å². The van der Waals surface area contributed by atoms with Gasteiger partial charge in [-0.3, -0.25) is 4.79 Å². The summed E-state index contributed by atoms with van der Waals surface area (Å²) in [7, 11) is -3.54. The molecule has 3 rings (SSSR count). The van der Waals surface area contributed by atoms with Gasteiger partial charge in [-0.2, -0.15) is 0 Å². The number of sulfone groups is 1. The molecular formula is C16H20N2O4S2. The smallest absolute Gasteiger partial charge is 0.235 e. The lowest BCUT2D eigenvalue weighted by molar-refractivity contribution is -0.119. The molecule has 0 bridgehead atoms. The average Bonchev–Trinajstić information content (AvgIpc) is 3.17. The molecule has 0 aliphatic heterocycles. The largest absolute Gasteiger partial charge is 0.462 e. The normalized spacial score (nSPS) is 16.2. The first-order valence-corrected chi connectivity index (χ1v) is 10.7. The summed E-state index contributed by atoms with van der Waals surface area (Å²) in [5.74, 6) is -0.526. The lowest BCUT2D eigenvalue weighted by Crippen LogP contribution is -2.39. The Balaban J connectivity index is 1.56. The minimum atomic E-state index is -3.54. The average molecular weight is 368 g/mol. The third-order valence-corrected chi connectivity index (χ3v) is 6.32. The van der Waals surface area contributed by atoms with Crippen molar-refractivity contribution in [2.24, 2.45) is 0 Å². The molecule has 0 saturated heterocycles. The van der Waals surface area contributed by atoms with E-state index in [4.69, 9.17) is 4.42 Å². The quantitative estimate of drug-likeness (QED) is 0.847. The van der Waals surface area contributed by atoms with Crippen molar-refractivity contribution in [1.29, 1.82) is 0 Å². The van der Waals surface area contributed by atoms with Gasteiger partial charge in [-0.1, -0.05) is 19.3 Å². The van der Waals surface area contributed by atoms with Gasteiger partial charge in [-0.05, 0) is 25.0 Å². The number of amides is 1. The molecule has 6 nitrogen and oxygen atoms in total. The highest BCUT2D eigenvalue weighted by Crippen LogP contribution is 2.24. The molecule has 1 saturated carbocycles. The monoisotopic (exact) mass is 368 g/mol. The number of hydrogen-bond donors (Lipinski definition) is 1. The summed E-state index contributed by atoms with van der Waals surface area (Å²) >= 11 is 1.33. The fraction of sp³-hybridized carbons (Fsp3) is 0.500. The lowest BCUT2D eigenvalue weighted by atomic mass is 9.95. The van der Waals surface area contributed by atoms with Crippen LogP contribution in [0.2, 0.25) is 0 Å². The summed E-state index contributed by atoms with van der Waals surface area (Å²) in [6, 6.07) is 3.64. The van der Waals surface area contributed by atoms with E-state index in [1.54, 1.807) is 23.8 Å². The minimum Gasteiger partial charge on any atom is -0.462 e. The molecule has 1 fully saturated rings. The van der Waals surface area contributed by atoms with Crippen LogP contribution in [0.5, 0.6) is 0 Å². The van der Waals surface area contributed by atoms with Gasteiger partial charge in [0.15, 0.2) is 20.6 Å². The molecule has 0 radical (unpaired) electrons. The zero-order chi connectivity index (χ0) is 17.0.